The van der Waals surface area contributed by atoms with Gasteiger partial charge in [0.25, 0.3) is 5.91 Å². The maximum Gasteiger partial charge on any atom is 0.251 e. The second kappa shape index (κ2) is 11.9. The smallest absolute Gasteiger partial charge is 0.251 e. The van der Waals surface area contributed by atoms with Gasteiger partial charge in [-0.3, -0.25) is 14.8 Å². The van der Waals surface area contributed by atoms with E-state index < -0.39 is 5.91 Å². The van der Waals surface area contributed by atoms with E-state index in [2.05, 4.69) is 5.32 Å². The maximum absolute atomic E-state index is 12.8. The largest absolute Gasteiger partial charge is 0.497 e. The molecule has 0 saturated heterocycles. The summed E-state index contributed by atoms with van der Waals surface area (Å²) in [5, 5.41) is 12.0. The van der Waals surface area contributed by atoms with Crippen molar-refractivity contribution in [2.75, 3.05) is 13.7 Å². The van der Waals surface area contributed by atoms with Gasteiger partial charge in [-0.05, 0) is 54.3 Å². The first-order chi connectivity index (χ1) is 14.0. The van der Waals surface area contributed by atoms with Crippen molar-refractivity contribution in [2.45, 2.75) is 25.7 Å². The van der Waals surface area contributed by atoms with Gasteiger partial charge >= 0.3 is 0 Å². The maximum atomic E-state index is 12.8. The number of hydrogen-bond donors (Lipinski definition) is 3. The number of unbranched alkanes of at least 4 members (excludes halogenated alkanes) is 2. The molecule has 6 nitrogen and oxygen atoms in total. The third kappa shape index (κ3) is 7.60. The predicted molar refractivity (Wildman–Crippen MR) is 114 cm³/mol. The highest BCUT2D eigenvalue weighted by atomic mass is 35.5. The summed E-state index contributed by atoms with van der Waals surface area (Å²) in [5.74, 6) is 0.117. The van der Waals surface area contributed by atoms with Gasteiger partial charge in [0.05, 0.1) is 7.11 Å². The summed E-state index contributed by atoms with van der Waals surface area (Å²) in [6.07, 6.45) is 4.21. The van der Waals surface area contributed by atoms with E-state index in [-0.39, 0.29) is 12.3 Å². The van der Waals surface area contributed by atoms with E-state index in [0.29, 0.717) is 29.3 Å². The van der Waals surface area contributed by atoms with Crippen LogP contribution in [0.25, 0.3) is 11.6 Å². The van der Waals surface area contributed by atoms with E-state index in [0.717, 1.165) is 24.0 Å². The summed E-state index contributed by atoms with van der Waals surface area (Å²) < 4.78 is 5.19. The molecule has 7 heteroatoms. The predicted octanol–water partition coefficient (Wildman–Crippen LogP) is 4.07. The minimum atomic E-state index is -0.403. The van der Waals surface area contributed by atoms with Crippen molar-refractivity contribution in [3.05, 3.63) is 64.7 Å². The number of carbonyl (C=O) groups excluding carboxylic acids is 2. The molecule has 3 N–H and O–H groups in total. The normalized spacial score (nSPS) is 11.1. The molecule has 0 aliphatic rings. The average Bonchev–Trinajstić information content (AvgIpc) is 2.74. The van der Waals surface area contributed by atoms with Gasteiger partial charge in [-0.15, -0.1) is 0 Å². The van der Waals surface area contributed by atoms with Crippen LogP contribution in [0.15, 0.2) is 48.5 Å². The van der Waals surface area contributed by atoms with Gasteiger partial charge in [0, 0.05) is 23.6 Å². The Balaban J connectivity index is 2.06. The number of amides is 2. The van der Waals surface area contributed by atoms with Crippen molar-refractivity contribution < 1.29 is 19.5 Å². The van der Waals surface area contributed by atoms with Crippen LogP contribution in [0, 0.1) is 0 Å². The zero-order valence-electron chi connectivity index (χ0n) is 16.3. The Morgan fingerprint density at radius 3 is 2.52 bits per heavy atom. The molecule has 2 rings (SSSR count). The summed E-state index contributed by atoms with van der Waals surface area (Å²) in [4.78, 5) is 23.8. The molecule has 154 valence electrons. The van der Waals surface area contributed by atoms with Gasteiger partial charge in [-0.25, -0.2) is 5.48 Å². The van der Waals surface area contributed by atoms with E-state index in [1.54, 1.807) is 42.9 Å². The van der Waals surface area contributed by atoms with E-state index in [4.69, 9.17) is 21.5 Å². The number of rotatable bonds is 10. The molecule has 0 radical (unpaired) electrons. The third-order valence-corrected chi connectivity index (χ3v) is 4.53. The van der Waals surface area contributed by atoms with Gasteiger partial charge in [0.1, 0.15) is 5.75 Å². The number of ether oxygens (including phenoxy) is 1. The zero-order valence-corrected chi connectivity index (χ0v) is 17.0. The number of hydroxylamine groups is 1. The molecule has 0 spiro atoms. The molecule has 0 bridgehead atoms. The molecule has 0 atom stereocenters. The summed E-state index contributed by atoms with van der Waals surface area (Å²) in [6.45, 7) is 0.489. The Bertz CT molecular complexity index is 850. The van der Waals surface area contributed by atoms with Crippen molar-refractivity contribution in [2.24, 2.45) is 0 Å². The lowest BCUT2D eigenvalue weighted by molar-refractivity contribution is -0.129. The van der Waals surface area contributed by atoms with Gasteiger partial charge in [-0.2, -0.15) is 0 Å². The second-order valence-corrected chi connectivity index (χ2v) is 6.88. The zero-order chi connectivity index (χ0) is 21.1. The van der Waals surface area contributed by atoms with Crippen LogP contribution in [-0.4, -0.2) is 30.7 Å². The number of hydrogen-bond acceptors (Lipinski definition) is 4. The molecule has 2 aromatic carbocycles. The average molecular weight is 417 g/mol. The summed E-state index contributed by atoms with van der Waals surface area (Å²) >= 11 is 6.07. The van der Waals surface area contributed by atoms with Crippen LogP contribution in [0.4, 0.5) is 0 Å². The van der Waals surface area contributed by atoms with Crippen molar-refractivity contribution in [3.63, 3.8) is 0 Å². The van der Waals surface area contributed by atoms with Crippen molar-refractivity contribution >= 4 is 35.1 Å². The standard InChI is InChI=1S/C22H25ClN2O4/c1-29-19-11-9-17(10-12-19)20(15-16-6-5-7-18(23)14-16)22(27)24-13-4-2-3-8-21(26)25-28/h5-7,9-12,14-15,28H,2-4,8,13H2,1H3,(H,24,27)(H,25,26). The Hall–Kier alpha value is -2.83. The molecule has 2 amide bonds. The molecule has 29 heavy (non-hydrogen) atoms. The first-order valence-corrected chi connectivity index (χ1v) is 9.74. The third-order valence-electron chi connectivity index (χ3n) is 4.30. The highest BCUT2D eigenvalue weighted by Crippen LogP contribution is 2.23. The first kappa shape index (κ1) is 22.5. The van der Waals surface area contributed by atoms with Crippen LogP contribution >= 0.6 is 11.6 Å². The monoisotopic (exact) mass is 416 g/mol. The van der Waals surface area contributed by atoms with E-state index >= 15 is 0 Å². The van der Waals surface area contributed by atoms with Gasteiger partial charge in [-0.1, -0.05) is 42.3 Å². The molecule has 2 aromatic rings. The fourth-order valence-electron chi connectivity index (χ4n) is 2.75. The SMILES string of the molecule is COc1ccc(C(=Cc2cccc(Cl)c2)C(=O)NCCCCCC(=O)NO)cc1. The number of halogens is 1. The van der Waals surface area contributed by atoms with Crippen LogP contribution in [0.5, 0.6) is 5.75 Å². The number of carbonyl (C=O) groups is 2. The number of methoxy groups -OCH3 is 1. The lowest BCUT2D eigenvalue weighted by atomic mass is 10.0. The fraction of sp³-hybridized carbons (Fsp3) is 0.273. The summed E-state index contributed by atoms with van der Waals surface area (Å²) in [7, 11) is 1.59. The molecule has 0 aromatic heterocycles. The molecule has 0 aliphatic carbocycles. The van der Waals surface area contributed by atoms with Crippen molar-refractivity contribution in [3.8, 4) is 5.75 Å². The van der Waals surface area contributed by atoms with Gasteiger partial charge in [0.2, 0.25) is 5.91 Å². The van der Waals surface area contributed by atoms with Gasteiger partial charge < -0.3 is 10.1 Å². The van der Waals surface area contributed by atoms with Crippen LogP contribution in [0.3, 0.4) is 0 Å². The lowest BCUT2D eigenvalue weighted by Crippen LogP contribution is -2.25. The van der Waals surface area contributed by atoms with Gasteiger partial charge in [0.15, 0.2) is 0 Å². The minimum absolute atomic E-state index is 0.191. The Morgan fingerprint density at radius 2 is 1.86 bits per heavy atom. The van der Waals surface area contributed by atoms with Crippen LogP contribution < -0.4 is 15.5 Å². The summed E-state index contributed by atoms with van der Waals surface area (Å²) in [6, 6.07) is 14.6. The quantitative estimate of drug-likeness (QED) is 0.179. The first-order valence-electron chi connectivity index (χ1n) is 9.36. The van der Waals surface area contributed by atoms with Crippen LogP contribution in [-0.2, 0) is 9.59 Å². The molecular formula is C22H25ClN2O4. The number of nitrogens with one attached hydrogen (secondary N) is 2. The molecule has 0 heterocycles. The highest BCUT2D eigenvalue weighted by Gasteiger charge is 2.12. The number of benzene rings is 2. The van der Waals surface area contributed by atoms with Crippen molar-refractivity contribution in [1.82, 2.24) is 10.8 Å². The van der Waals surface area contributed by atoms with Crippen LogP contribution in [0.1, 0.15) is 36.8 Å². The Kier molecular flexibility index (Phi) is 9.21. The lowest BCUT2D eigenvalue weighted by Gasteiger charge is -2.11. The van der Waals surface area contributed by atoms with Crippen LogP contribution in [0.2, 0.25) is 5.02 Å². The molecule has 0 fully saturated rings. The summed E-state index contributed by atoms with van der Waals surface area (Å²) in [5.41, 5.74) is 3.72. The van der Waals surface area contributed by atoms with E-state index in [9.17, 15) is 9.59 Å². The molecule has 0 saturated carbocycles. The highest BCUT2D eigenvalue weighted by molar-refractivity contribution is 6.31. The fourth-order valence-corrected chi connectivity index (χ4v) is 2.95. The molecule has 0 unspecified atom stereocenters. The second-order valence-electron chi connectivity index (χ2n) is 6.44. The molecule has 0 aliphatic heterocycles. The van der Waals surface area contributed by atoms with E-state index in [1.807, 2.05) is 24.3 Å². The van der Waals surface area contributed by atoms with Crippen molar-refractivity contribution in [1.29, 1.82) is 0 Å². The Labute approximate surface area is 175 Å². The minimum Gasteiger partial charge on any atom is -0.497 e. The topological polar surface area (TPSA) is 87.7 Å². The Morgan fingerprint density at radius 1 is 1.10 bits per heavy atom. The van der Waals surface area contributed by atoms with E-state index in [1.165, 1.54) is 0 Å². The molecular weight excluding hydrogens is 392 g/mol.